The van der Waals surface area contributed by atoms with Crippen molar-refractivity contribution >= 4 is 27.3 Å². The van der Waals surface area contributed by atoms with Gasteiger partial charge in [-0.25, -0.2) is 0 Å². The molecule has 0 bridgehead atoms. The maximum absolute atomic E-state index is 4.47. The predicted octanol–water partition coefficient (Wildman–Crippen LogP) is 5.00. The molecular weight excluding hydrogens is 408 g/mol. The third-order valence-electron chi connectivity index (χ3n) is 4.17. The average molecular weight is 425 g/mol. The van der Waals surface area contributed by atoms with Crippen LogP contribution in [0.5, 0.6) is 0 Å². The standard InChI is InChI=1S/C20H17BrN4S/c21-16-9-6-15(7-10-16)8-11-19-23-24-20(18-5-1-2-12-22-18)25(19)14-17-4-3-13-26-17/h1-7,9-10,12-13H,8,11,14H2. The van der Waals surface area contributed by atoms with Gasteiger partial charge in [0.2, 0.25) is 0 Å². The Kier molecular flexibility index (Phi) is 5.22. The number of benzene rings is 1. The molecule has 4 aromatic rings. The molecule has 1 aromatic carbocycles. The fraction of sp³-hybridized carbons (Fsp3) is 0.150. The van der Waals surface area contributed by atoms with E-state index in [2.05, 4.69) is 77.5 Å². The number of hydrogen-bond donors (Lipinski definition) is 0. The summed E-state index contributed by atoms with van der Waals surface area (Å²) < 4.78 is 3.28. The van der Waals surface area contributed by atoms with Gasteiger partial charge in [0.25, 0.3) is 0 Å². The third kappa shape index (κ3) is 3.92. The predicted molar refractivity (Wildman–Crippen MR) is 108 cm³/mol. The van der Waals surface area contributed by atoms with Crippen LogP contribution in [0.15, 0.2) is 70.6 Å². The van der Waals surface area contributed by atoms with Gasteiger partial charge in [-0.1, -0.05) is 40.2 Å². The van der Waals surface area contributed by atoms with Crippen molar-refractivity contribution in [1.29, 1.82) is 0 Å². The number of rotatable bonds is 6. The van der Waals surface area contributed by atoms with Crippen molar-refractivity contribution < 1.29 is 0 Å². The molecule has 0 spiro atoms. The van der Waals surface area contributed by atoms with Gasteiger partial charge in [-0.05, 0) is 47.7 Å². The van der Waals surface area contributed by atoms with E-state index in [1.165, 1.54) is 10.4 Å². The van der Waals surface area contributed by atoms with E-state index in [4.69, 9.17) is 0 Å². The summed E-state index contributed by atoms with van der Waals surface area (Å²) in [5, 5.41) is 11.0. The van der Waals surface area contributed by atoms with E-state index >= 15 is 0 Å². The molecule has 0 saturated heterocycles. The van der Waals surface area contributed by atoms with Crippen LogP contribution in [0.1, 0.15) is 16.3 Å². The largest absolute Gasteiger partial charge is 0.304 e. The number of halogens is 1. The molecule has 0 saturated carbocycles. The summed E-state index contributed by atoms with van der Waals surface area (Å²) in [5.74, 6) is 1.81. The van der Waals surface area contributed by atoms with Gasteiger partial charge < -0.3 is 4.57 Å². The quantitative estimate of drug-likeness (QED) is 0.437. The number of nitrogens with zero attached hydrogens (tertiary/aromatic N) is 4. The second kappa shape index (κ2) is 7.93. The molecule has 0 aliphatic carbocycles. The zero-order valence-corrected chi connectivity index (χ0v) is 16.4. The highest BCUT2D eigenvalue weighted by Gasteiger charge is 2.15. The number of pyridine rings is 1. The van der Waals surface area contributed by atoms with Gasteiger partial charge in [-0.15, -0.1) is 21.5 Å². The van der Waals surface area contributed by atoms with Gasteiger partial charge in [0.1, 0.15) is 11.5 Å². The second-order valence-corrected chi connectivity index (χ2v) is 7.89. The van der Waals surface area contributed by atoms with Crippen molar-refractivity contribution in [3.05, 3.63) is 86.9 Å². The van der Waals surface area contributed by atoms with E-state index in [1.807, 2.05) is 18.2 Å². The van der Waals surface area contributed by atoms with Gasteiger partial charge in [-0.2, -0.15) is 0 Å². The minimum atomic E-state index is 0.770. The first-order valence-corrected chi connectivity index (χ1v) is 10.1. The molecule has 0 aliphatic heterocycles. The van der Waals surface area contributed by atoms with Crippen LogP contribution < -0.4 is 0 Å². The average Bonchev–Trinajstić information content (AvgIpc) is 3.33. The van der Waals surface area contributed by atoms with Crippen LogP contribution in [0.2, 0.25) is 0 Å². The van der Waals surface area contributed by atoms with Crippen molar-refractivity contribution in [2.75, 3.05) is 0 Å². The highest BCUT2D eigenvalue weighted by molar-refractivity contribution is 9.10. The van der Waals surface area contributed by atoms with Crippen LogP contribution in [-0.2, 0) is 19.4 Å². The molecule has 130 valence electrons. The Labute approximate surface area is 164 Å². The molecule has 3 heterocycles. The SMILES string of the molecule is Brc1ccc(CCc2nnc(-c3ccccn3)n2Cc2cccs2)cc1. The minimum absolute atomic E-state index is 0.770. The monoisotopic (exact) mass is 424 g/mol. The minimum Gasteiger partial charge on any atom is -0.304 e. The molecule has 0 fully saturated rings. The fourth-order valence-corrected chi connectivity index (χ4v) is 3.79. The van der Waals surface area contributed by atoms with Crippen LogP contribution in [-0.4, -0.2) is 19.7 Å². The highest BCUT2D eigenvalue weighted by atomic mass is 79.9. The molecule has 0 atom stereocenters. The lowest BCUT2D eigenvalue weighted by Gasteiger charge is -2.09. The first-order valence-electron chi connectivity index (χ1n) is 8.40. The molecule has 0 unspecified atom stereocenters. The van der Waals surface area contributed by atoms with E-state index in [9.17, 15) is 0 Å². The molecular formula is C20H17BrN4S. The number of aryl methyl sites for hydroxylation is 2. The number of hydrogen-bond acceptors (Lipinski definition) is 4. The van der Waals surface area contributed by atoms with Gasteiger partial charge >= 0.3 is 0 Å². The number of thiophene rings is 1. The van der Waals surface area contributed by atoms with E-state index in [1.54, 1.807) is 17.5 Å². The molecule has 3 aromatic heterocycles. The maximum Gasteiger partial charge on any atom is 0.182 e. The lowest BCUT2D eigenvalue weighted by Crippen LogP contribution is -2.08. The summed E-state index contributed by atoms with van der Waals surface area (Å²) in [6.45, 7) is 0.770. The summed E-state index contributed by atoms with van der Waals surface area (Å²) in [6.07, 6.45) is 3.56. The second-order valence-electron chi connectivity index (χ2n) is 5.95. The Balaban J connectivity index is 1.63. The van der Waals surface area contributed by atoms with Crippen molar-refractivity contribution in [2.24, 2.45) is 0 Å². The summed E-state index contributed by atoms with van der Waals surface area (Å²) in [7, 11) is 0. The van der Waals surface area contributed by atoms with E-state index in [0.29, 0.717) is 0 Å². The topological polar surface area (TPSA) is 43.6 Å². The molecule has 6 heteroatoms. The zero-order chi connectivity index (χ0) is 17.8. The lowest BCUT2D eigenvalue weighted by molar-refractivity contribution is 0.722. The Morgan fingerprint density at radius 1 is 0.923 bits per heavy atom. The Morgan fingerprint density at radius 3 is 2.54 bits per heavy atom. The fourth-order valence-electron chi connectivity index (χ4n) is 2.84. The van der Waals surface area contributed by atoms with Crippen molar-refractivity contribution in [3.8, 4) is 11.5 Å². The molecule has 0 radical (unpaired) electrons. The van der Waals surface area contributed by atoms with Crippen molar-refractivity contribution in [3.63, 3.8) is 0 Å². The molecule has 0 amide bonds. The van der Waals surface area contributed by atoms with Gasteiger partial charge in [0.05, 0.1) is 6.54 Å². The first kappa shape index (κ1) is 17.1. The normalized spacial score (nSPS) is 11.0. The van der Waals surface area contributed by atoms with Crippen molar-refractivity contribution in [1.82, 2.24) is 19.7 Å². The van der Waals surface area contributed by atoms with Gasteiger partial charge in [0.15, 0.2) is 5.82 Å². The zero-order valence-electron chi connectivity index (χ0n) is 14.0. The van der Waals surface area contributed by atoms with E-state index < -0.39 is 0 Å². The smallest absolute Gasteiger partial charge is 0.182 e. The van der Waals surface area contributed by atoms with Crippen LogP contribution in [0.3, 0.4) is 0 Å². The van der Waals surface area contributed by atoms with E-state index in [-0.39, 0.29) is 0 Å². The highest BCUT2D eigenvalue weighted by Crippen LogP contribution is 2.21. The molecule has 4 nitrogen and oxygen atoms in total. The van der Waals surface area contributed by atoms with Crippen LogP contribution >= 0.6 is 27.3 Å². The van der Waals surface area contributed by atoms with E-state index in [0.717, 1.165) is 41.2 Å². The Hall–Kier alpha value is -2.31. The number of aromatic nitrogens is 4. The summed E-state index contributed by atoms with van der Waals surface area (Å²) in [6, 6.07) is 18.5. The molecule has 0 N–H and O–H groups in total. The Morgan fingerprint density at radius 2 is 1.81 bits per heavy atom. The van der Waals surface area contributed by atoms with Crippen molar-refractivity contribution in [2.45, 2.75) is 19.4 Å². The first-order chi connectivity index (χ1) is 12.8. The molecule has 0 aliphatic rings. The summed E-state index contributed by atoms with van der Waals surface area (Å²) in [5.41, 5.74) is 2.14. The lowest BCUT2D eigenvalue weighted by atomic mass is 10.1. The third-order valence-corrected chi connectivity index (χ3v) is 5.56. The summed E-state index contributed by atoms with van der Waals surface area (Å²) in [4.78, 5) is 5.74. The van der Waals surface area contributed by atoms with Crippen LogP contribution in [0.4, 0.5) is 0 Å². The van der Waals surface area contributed by atoms with Gasteiger partial charge in [0, 0.05) is 22.0 Å². The van der Waals surface area contributed by atoms with Gasteiger partial charge in [-0.3, -0.25) is 4.98 Å². The summed E-state index contributed by atoms with van der Waals surface area (Å²) >= 11 is 5.23. The van der Waals surface area contributed by atoms with Crippen LogP contribution in [0, 0.1) is 0 Å². The Bertz CT molecular complexity index is 963. The maximum atomic E-state index is 4.47. The molecule has 26 heavy (non-hydrogen) atoms. The van der Waals surface area contributed by atoms with Crippen LogP contribution in [0.25, 0.3) is 11.5 Å². The molecule has 4 rings (SSSR count).